The molecular weight excluding hydrogens is 204 g/mol. The van der Waals surface area contributed by atoms with Crippen LogP contribution >= 0.6 is 0 Å². The second kappa shape index (κ2) is 3.86. The Morgan fingerprint density at radius 2 is 1.73 bits per heavy atom. The van der Waals surface area contributed by atoms with Crippen molar-refractivity contribution in [2.75, 3.05) is 6.61 Å². The van der Waals surface area contributed by atoms with E-state index in [0.29, 0.717) is 5.92 Å². The number of hydrogen-bond donors (Lipinski definition) is 1. The summed E-state index contributed by atoms with van der Waals surface area (Å²) in [6.07, 6.45) is 6.16. The van der Waals surface area contributed by atoms with E-state index in [9.17, 15) is 5.11 Å². The van der Waals surface area contributed by atoms with Crippen LogP contribution in [0, 0.1) is 5.92 Å². The number of aliphatic hydroxyl groups excluding tert-OH is 1. The van der Waals surface area contributed by atoms with Crippen molar-refractivity contribution in [3.8, 4) is 0 Å². The van der Waals surface area contributed by atoms with Crippen LogP contribution < -0.4 is 0 Å². The lowest BCUT2D eigenvalue weighted by Gasteiger charge is -2.36. The van der Waals surface area contributed by atoms with Crippen LogP contribution in [0.2, 0.25) is 19.6 Å². The van der Waals surface area contributed by atoms with Gasteiger partial charge in [0, 0.05) is 0 Å². The summed E-state index contributed by atoms with van der Waals surface area (Å²) in [5.74, 6) is 0.507. The zero-order chi connectivity index (χ0) is 11.1. The van der Waals surface area contributed by atoms with Gasteiger partial charge in [0.2, 0.25) is 0 Å². The van der Waals surface area contributed by atoms with Gasteiger partial charge >= 0.3 is 0 Å². The van der Waals surface area contributed by atoms with Crippen molar-refractivity contribution in [2.24, 2.45) is 5.92 Å². The molecule has 0 spiro atoms. The first kappa shape index (κ1) is 11.6. The first-order chi connectivity index (χ1) is 6.97. The van der Waals surface area contributed by atoms with E-state index in [2.05, 4.69) is 19.6 Å². The molecule has 1 aliphatic carbocycles. The van der Waals surface area contributed by atoms with E-state index >= 15 is 0 Å². The number of rotatable bonds is 3. The average Bonchev–Trinajstić information content (AvgIpc) is 2.98. The van der Waals surface area contributed by atoms with Gasteiger partial charge in [-0.1, -0.05) is 38.9 Å². The van der Waals surface area contributed by atoms with Gasteiger partial charge in [0.25, 0.3) is 0 Å². The molecule has 2 aliphatic rings. The average molecular weight is 228 g/mol. The highest BCUT2D eigenvalue weighted by molar-refractivity contribution is 6.79. The second-order valence-corrected chi connectivity index (χ2v) is 11.6. The zero-order valence-electron chi connectivity index (χ0n) is 10.3. The molecule has 15 heavy (non-hydrogen) atoms. The summed E-state index contributed by atoms with van der Waals surface area (Å²) in [5, 5.41) is 10.4. The Morgan fingerprint density at radius 1 is 1.20 bits per heavy atom. The van der Waals surface area contributed by atoms with Crippen LogP contribution in [0.1, 0.15) is 32.1 Å². The Hall–Kier alpha value is 0.137. The van der Waals surface area contributed by atoms with Gasteiger partial charge < -0.3 is 9.84 Å². The molecule has 2 nitrogen and oxygen atoms in total. The lowest BCUT2D eigenvalue weighted by molar-refractivity contribution is 0.0398. The Kier molecular flexibility index (Phi) is 2.99. The first-order valence-corrected chi connectivity index (χ1v) is 9.79. The predicted molar refractivity (Wildman–Crippen MR) is 64.6 cm³/mol. The predicted octanol–water partition coefficient (Wildman–Crippen LogP) is 2.57. The topological polar surface area (TPSA) is 32.8 Å². The summed E-state index contributed by atoms with van der Waals surface area (Å²) >= 11 is 0. The molecule has 88 valence electrons. The van der Waals surface area contributed by atoms with Gasteiger partial charge in [-0.2, -0.15) is 0 Å². The van der Waals surface area contributed by atoms with Gasteiger partial charge in [-0.3, -0.25) is 0 Å². The lowest BCUT2D eigenvalue weighted by Crippen LogP contribution is -2.53. The normalized spacial score (nSPS) is 35.2. The van der Waals surface area contributed by atoms with E-state index < -0.39 is 8.07 Å². The molecule has 1 saturated carbocycles. The van der Waals surface area contributed by atoms with Crippen molar-refractivity contribution in [2.45, 2.75) is 63.1 Å². The zero-order valence-corrected chi connectivity index (χ0v) is 11.3. The number of epoxide rings is 1. The molecule has 0 aromatic carbocycles. The Morgan fingerprint density at radius 3 is 2.13 bits per heavy atom. The van der Waals surface area contributed by atoms with Gasteiger partial charge in [0.1, 0.15) is 5.22 Å². The summed E-state index contributed by atoms with van der Waals surface area (Å²) < 4.78 is 5.69. The molecule has 1 aliphatic heterocycles. The highest BCUT2D eigenvalue weighted by Gasteiger charge is 2.61. The molecular formula is C12H24O2Si. The SMILES string of the molecule is C[Si](C)(C)[C@@]1([C@H](O)C2CCCCC2)CO1. The van der Waals surface area contributed by atoms with Gasteiger partial charge in [-0.25, -0.2) is 0 Å². The Bertz CT molecular complexity index is 224. The van der Waals surface area contributed by atoms with E-state index in [1.807, 2.05) is 0 Å². The van der Waals surface area contributed by atoms with Crippen LogP contribution in [0.4, 0.5) is 0 Å². The van der Waals surface area contributed by atoms with E-state index in [0.717, 1.165) is 6.61 Å². The van der Waals surface area contributed by atoms with Crippen molar-refractivity contribution < 1.29 is 9.84 Å². The molecule has 0 bridgehead atoms. The minimum Gasteiger partial charge on any atom is -0.390 e. The minimum atomic E-state index is -1.39. The maximum atomic E-state index is 10.5. The number of ether oxygens (including phenoxy) is 1. The van der Waals surface area contributed by atoms with Crippen molar-refractivity contribution in [3.63, 3.8) is 0 Å². The summed E-state index contributed by atoms with van der Waals surface area (Å²) in [5.41, 5.74) is 0. The molecule has 0 unspecified atom stereocenters. The molecule has 0 aromatic rings. The van der Waals surface area contributed by atoms with Crippen LogP contribution in [-0.2, 0) is 4.74 Å². The highest BCUT2D eigenvalue weighted by atomic mass is 28.3. The quantitative estimate of drug-likeness (QED) is 0.595. The third-order valence-electron chi connectivity index (χ3n) is 4.30. The summed E-state index contributed by atoms with van der Waals surface area (Å²) in [4.78, 5) is 0. The van der Waals surface area contributed by atoms with E-state index in [1.54, 1.807) is 0 Å². The van der Waals surface area contributed by atoms with Gasteiger partial charge in [0.05, 0.1) is 20.8 Å². The highest BCUT2D eigenvalue weighted by Crippen LogP contribution is 2.45. The molecule has 1 N–H and O–H groups in total. The fourth-order valence-electron chi connectivity index (χ4n) is 2.96. The van der Waals surface area contributed by atoms with Gasteiger partial charge in [-0.05, 0) is 18.8 Å². The fraction of sp³-hybridized carbons (Fsp3) is 1.00. The Labute approximate surface area is 94.0 Å². The van der Waals surface area contributed by atoms with Crippen LogP contribution in [0.5, 0.6) is 0 Å². The van der Waals surface area contributed by atoms with E-state index in [-0.39, 0.29) is 11.3 Å². The first-order valence-electron chi connectivity index (χ1n) is 6.29. The van der Waals surface area contributed by atoms with Crippen LogP contribution in [0.3, 0.4) is 0 Å². The van der Waals surface area contributed by atoms with Crippen LogP contribution in [0.15, 0.2) is 0 Å². The lowest BCUT2D eigenvalue weighted by atomic mass is 9.84. The standard InChI is InChI=1S/C12H24O2Si/c1-15(2,3)12(9-14-12)11(13)10-7-5-4-6-8-10/h10-11,13H,4-9H2,1-3H3/t11-,12-/m1/s1. The Balaban J connectivity index is 2.03. The van der Waals surface area contributed by atoms with Crippen molar-refractivity contribution >= 4 is 8.07 Å². The maximum Gasteiger partial charge on any atom is 0.106 e. The largest absolute Gasteiger partial charge is 0.390 e. The van der Waals surface area contributed by atoms with Gasteiger partial charge in [-0.15, -0.1) is 0 Å². The molecule has 2 fully saturated rings. The molecule has 0 radical (unpaired) electrons. The summed E-state index contributed by atoms with van der Waals surface area (Å²) in [6, 6.07) is 0. The van der Waals surface area contributed by atoms with E-state index in [1.165, 1.54) is 32.1 Å². The summed E-state index contributed by atoms with van der Waals surface area (Å²) in [6.45, 7) is 7.74. The molecule has 0 aromatic heterocycles. The smallest absolute Gasteiger partial charge is 0.106 e. The van der Waals surface area contributed by atoms with Crippen LogP contribution in [0.25, 0.3) is 0 Å². The van der Waals surface area contributed by atoms with Crippen molar-refractivity contribution in [3.05, 3.63) is 0 Å². The fourth-order valence-corrected chi connectivity index (χ4v) is 5.02. The minimum absolute atomic E-state index is 0.102. The van der Waals surface area contributed by atoms with Crippen molar-refractivity contribution in [1.82, 2.24) is 0 Å². The van der Waals surface area contributed by atoms with E-state index in [4.69, 9.17) is 4.74 Å². The monoisotopic (exact) mass is 228 g/mol. The van der Waals surface area contributed by atoms with Gasteiger partial charge in [0.15, 0.2) is 0 Å². The third kappa shape index (κ3) is 2.02. The van der Waals surface area contributed by atoms with Crippen molar-refractivity contribution in [1.29, 1.82) is 0 Å². The summed E-state index contributed by atoms with van der Waals surface area (Å²) in [7, 11) is -1.39. The number of aliphatic hydroxyl groups is 1. The third-order valence-corrected chi connectivity index (χ3v) is 7.42. The molecule has 1 heterocycles. The maximum absolute atomic E-state index is 10.5. The molecule has 1 saturated heterocycles. The number of hydrogen-bond acceptors (Lipinski definition) is 2. The second-order valence-electron chi connectivity index (χ2n) is 6.27. The molecule has 2 atom stereocenters. The molecule has 2 rings (SSSR count). The molecule has 0 amide bonds. The molecule has 3 heteroatoms. The van der Waals surface area contributed by atoms with Crippen LogP contribution in [-0.4, -0.2) is 31.1 Å².